The number of aliphatic hydroxyl groups excluding tert-OH is 5. The minimum absolute atomic E-state index is 0.119. The van der Waals surface area contributed by atoms with Crippen molar-refractivity contribution in [3.8, 4) is 0 Å². The molecule has 93 heavy (non-hydrogen) atoms. The number of nitrogens with one attached hydrogen (secondary N) is 1. The topological polar surface area (TPSA) is 175 Å². The van der Waals surface area contributed by atoms with Crippen LogP contribution in [0.25, 0.3) is 0 Å². The number of esters is 1. The van der Waals surface area contributed by atoms with Crippen LogP contribution < -0.4 is 5.32 Å². The van der Waals surface area contributed by atoms with Gasteiger partial charge in [-0.2, -0.15) is 0 Å². The fraction of sp³-hybridized carbons (Fsp3) is 0.756. The molecule has 0 spiro atoms. The van der Waals surface area contributed by atoms with E-state index < -0.39 is 67.4 Å². The number of rotatable bonds is 66. The first-order valence-corrected chi connectivity index (χ1v) is 38.7. The molecule has 0 bridgehead atoms. The first kappa shape index (κ1) is 87.3. The van der Waals surface area contributed by atoms with Crippen molar-refractivity contribution in [3.63, 3.8) is 0 Å². The second kappa shape index (κ2) is 68.3. The largest absolute Gasteiger partial charge is 0.454 e. The third kappa shape index (κ3) is 55.1. The Kier molecular flexibility index (Phi) is 64.1. The number of ether oxygens (including phenoxy) is 3. The van der Waals surface area contributed by atoms with E-state index in [0.717, 1.165) is 116 Å². The van der Waals surface area contributed by atoms with E-state index in [1.165, 1.54) is 173 Å². The molecular formula is C82H143NO10. The number of aliphatic hydroxyl groups is 5. The van der Waals surface area contributed by atoms with E-state index in [9.17, 15) is 35.1 Å². The lowest BCUT2D eigenvalue weighted by molar-refractivity contribution is -0.305. The van der Waals surface area contributed by atoms with E-state index in [0.29, 0.717) is 12.8 Å². The monoisotopic (exact) mass is 1300 g/mol. The number of carbonyl (C=O) groups excluding carboxylic acids is 2. The number of allylic oxidation sites excluding steroid dienone is 17. The molecule has 8 unspecified atom stereocenters. The first-order valence-electron chi connectivity index (χ1n) is 38.7. The quantitative estimate of drug-likeness (QED) is 0.0195. The second-order valence-corrected chi connectivity index (χ2v) is 26.4. The zero-order chi connectivity index (χ0) is 67.4. The minimum atomic E-state index is -1.62. The summed E-state index contributed by atoms with van der Waals surface area (Å²) in [4.78, 5) is 26.8. The Bertz CT molecular complexity index is 1940. The predicted molar refractivity (Wildman–Crippen MR) is 393 cm³/mol. The van der Waals surface area contributed by atoms with Crippen LogP contribution in [0, 0.1) is 0 Å². The van der Waals surface area contributed by atoms with Gasteiger partial charge >= 0.3 is 5.97 Å². The van der Waals surface area contributed by atoms with Crippen molar-refractivity contribution < 1.29 is 49.3 Å². The molecule has 0 radical (unpaired) electrons. The lowest BCUT2D eigenvalue weighted by Gasteiger charge is -2.41. The van der Waals surface area contributed by atoms with Crippen LogP contribution in [0.4, 0.5) is 0 Å². The van der Waals surface area contributed by atoms with Crippen LogP contribution in [0.15, 0.2) is 109 Å². The Morgan fingerprint density at radius 2 is 0.774 bits per heavy atom. The molecule has 0 aromatic heterocycles. The van der Waals surface area contributed by atoms with Crippen molar-refractivity contribution in [3.05, 3.63) is 109 Å². The summed E-state index contributed by atoms with van der Waals surface area (Å²) in [5.74, 6) is -1.20. The highest BCUT2D eigenvalue weighted by Crippen LogP contribution is 2.26. The van der Waals surface area contributed by atoms with Gasteiger partial charge in [0.1, 0.15) is 24.4 Å². The van der Waals surface area contributed by atoms with E-state index in [2.05, 4.69) is 123 Å². The summed E-state index contributed by atoms with van der Waals surface area (Å²) in [6, 6.07) is -1.04. The average Bonchev–Trinajstić information content (AvgIpc) is 0.918. The number of carbonyl (C=O) groups is 2. The Labute approximate surface area is 570 Å². The molecule has 1 rings (SSSR count). The summed E-state index contributed by atoms with van der Waals surface area (Å²) in [6.45, 7) is 5.68. The summed E-state index contributed by atoms with van der Waals surface area (Å²) in [7, 11) is 0. The molecule has 1 saturated heterocycles. The van der Waals surface area contributed by atoms with Crippen molar-refractivity contribution in [2.75, 3.05) is 13.2 Å². The van der Waals surface area contributed by atoms with Gasteiger partial charge in [-0.1, -0.05) is 329 Å². The average molecular weight is 1300 g/mol. The second-order valence-electron chi connectivity index (χ2n) is 26.4. The number of amides is 1. The molecule has 1 heterocycles. The first-order chi connectivity index (χ1) is 45.7. The molecule has 1 amide bonds. The molecule has 0 saturated carbocycles. The van der Waals surface area contributed by atoms with Crippen LogP contribution in [0.2, 0.25) is 0 Å². The lowest BCUT2D eigenvalue weighted by atomic mass is 9.99. The SMILES string of the molecule is CC/C=C\C/C=C\C/C=C\C/C=C\C/C=C\C/C=C\CCCCCCCC(O)C(=O)NC(COC1OC(CO)C(O)C(O)C1OC(=O)CCCCCCCCCCCCCCCCCCC/C=C\C/C=C\CCCCC)C(O)/C=C/CCCCCCCCCCCCC. The van der Waals surface area contributed by atoms with E-state index in [-0.39, 0.29) is 19.4 Å². The van der Waals surface area contributed by atoms with E-state index >= 15 is 0 Å². The Morgan fingerprint density at radius 3 is 1.18 bits per heavy atom. The van der Waals surface area contributed by atoms with Gasteiger partial charge in [0.25, 0.3) is 0 Å². The van der Waals surface area contributed by atoms with Gasteiger partial charge in [0.05, 0.1) is 25.4 Å². The fourth-order valence-electron chi connectivity index (χ4n) is 11.6. The van der Waals surface area contributed by atoms with E-state index in [1.807, 2.05) is 6.08 Å². The lowest BCUT2D eigenvalue weighted by Crippen LogP contribution is -2.61. The van der Waals surface area contributed by atoms with Crippen molar-refractivity contribution in [1.82, 2.24) is 5.32 Å². The molecule has 1 aliphatic rings. The molecule has 8 atom stereocenters. The maximum absolute atomic E-state index is 13.5. The van der Waals surface area contributed by atoms with Crippen LogP contribution in [-0.4, -0.2) is 99.6 Å². The van der Waals surface area contributed by atoms with Crippen molar-refractivity contribution in [2.24, 2.45) is 0 Å². The van der Waals surface area contributed by atoms with Gasteiger partial charge in [-0.15, -0.1) is 0 Å². The van der Waals surface area contributed by atoms with Crippen molar-refractivity contribution in [2.45, 2.75) is 384 Å². The Balaban J connectivity index is 2.55. The molecule has 0 aliphatic carbocycles. The number of hydrogen-bond acceptors (Lipinski definition) is 10. The van der Waals surface area contributed by atoms with Crippen LogP contribution >= 0.6 is 0 Å². The molecule has 1 aliphatic heterocycles. The van der Waals surface area contributed by atoms with Gasteiger partial charge in [-0.25, -0.2) is 0 Å². The van der Waals surface area contributed by atoms with E-state index in [4.69, 9.17) is 14.2 Å². The van der Waals surface area contributed by atoms with Gasteiger partial charge in [0.15, 0.2) is 12.4 Å². The third-order valence-electron chi connectivity index (χ3n) is 17.7. The predicted octanol–water partition coefficient (Wildman–Crippen LogP) is 20.7. The van der Waals surface area contributed by atoms with Crippen molar-refractivity contribution in [1.29, 1.82) is 0 Å². The van der Waals surface area contributed by atoms with Crippen molar-refractivity contribution >= 4 is 11.9 Å². The molecule has 1 fully saturated rings. The van der Waals surface area contributed by atoms with Gasteiger partial charge in [-0.3, -0.25) is 9.59 Å². The smallest absolute Gasteiger partial charge is 0.306 e. The van der Waals surface area contributed by atoms with Gasteiger partial charge in [0, 0.05) is 6.42 Å². The highest BCUT2D eigenvalue weighted by atomic mass is 16.7. The highest BCUT2D eigenvalue weighted by Gasteiger charge is 2.47. The fourth-order valence-corrected chi connectivity index (χ4v) is 11.6. The zero-order valence-electron chi connectivity index (χ0n) is 59.9. The van der Waals surface area contributed by atoms with Gasteiger partial charge in [-0.05, 0) is 109 Å². The molecule has 0 aromatic rings. The summed E-state index contributed by atoms with van der Waals surface area (Å²) < 4.78 is 17.7. The van der Waals surface area contributed by atoms with E-state index in [1.54, 1.807) is 6.08 Å². The van der Waals surface area contributed by atoms with Crippen LogP contribution in [0.5, 0.6) is 0 Å². The summed E-state index contributed by atoms with van der Waals surface area (Å²) >= 11 is 0. The number of hydrogen-bond donors (Lipinski definition) is 6. The minimum Gasteiger partial charge on any atom is -0.454 e. The Morgan fingerprint density at radius 1 is 0.430 bits per heavy atom. The molecule has 11 nitrogen and oxygen atoms in total. The summed E-state index contributed by atoms with van der Waals surface area (Å²) in [5.41, 5.74) is 0. The van der Waals surface area contributed by atoms with Crippen LogP contribution in [0.3, 0.4) is 0 Å². The summed E-state index contributed by atoms with van der Waals surface area (Å²) in [5, 5.41) is 57.4. The standard InChI is InChI=1S/C82H143NO10/c1-4-7-10-13-16-19-22-25-27-29-31-33-35-37-38-39-41-43-45-47-49-52-55-58-61-64-67-70-77(87)93-80-79(89)78(88)76(71-84)92-82(80)91-72-73(74(85)68-65-62-59-56-53-50-24-21-18-15-12-9-6-3)83-81(90)75(86)69-66-63-60-57-54-51-48-46-44-42-40-36-34-32-30-28-26-23-20-17-14-11-8-5-2/h8,11,16-17,19-20,25-28,32,34,40,42,46,48,65,68,73-76,78-80,82,84-86,88-89H,4-7,9-10,12-15,18,21-24,29-31,33,35-39,41,43-45,47,49-64,66-67,69-72H2,1-3H3,(H,83,90)/b11-8-,19-16-,20-17-,27-25-,28-26-,34-32-,42-40-,48-46-,68-65+. The number of unbranched alkanes of at least 4 members (excludes halogenated alkanes) is 36. The zero-order valence-corrected chi connectivity index (χ0v) is 59.9. The van der Waals surface area contributed by atoms with Crippen LogP contribution in [0.1, 0.15) is 335 Å². The third-order valence-corrected chi connectivity index (χ3v) is 17.7. The molecule has 0 aromatic carbocycles. The Hall–Kier alpha value is -3.68. The summed E-state index contributed by atoms with van der Waals surface area (Å²) in [6.07, 6.45) is 84.1. The molecule has 11 heteroatoms. The maximum Gasteiger partial charge on any atom is 0.306 e. The van der Waals surface area contributed by atoms with Gasteiger partial charge in [0.2, 0.25) is 5.91 Å². The molecule has 536 valence electrons. The molecule has 6 N–H and O–H groups in total. The maximum atomic E-state index is 13.5. The van der Waals surface area contributed by atoms with Crippen LogP contribution in [-0.2, 0) is 23.8 Å². The molecular weight excluding hydrogens is 1160 g/mol. The normalized spacial score (nSPS) is 18.5. The highest BCUT2D eigenvalue weighted by molar-refractivity contribution is 5.80. The van der Waals surface area contributed by atoms with Gasteiger partial charge < -0.3 is 45.1 Å².